The molecule has 1 saturated heterocycles. The van der Waals surface area contributed by atoms with Gasteiger partial charge in [-0.15, -0.1) is 0 Å². The highest BCUT2D eigenvalue weighted by Crippen LogP contribution is 2.23. The number of aromatic nitrogens is 2. The molecular weight excluding hydrogens is 242 g/mol. The number of hydrogen-bond acceptors (Lipinski definition) is 5. The molecule has 1 aliphatic heterocycles. The molecule has 19 heavy (non-hydrogen) atoms. The van der Waals surface area contributed by atoms with Gasteiger partial charge >= 0.3 is 0 Å². The first-order valence-corrected chi connectivity index (χ1v) is 6.22. The molecule has 0 spiro atoms. The first-order chi connectivity index (χ1) is 9.33. The van der Waals surface area contributed by atoms with Crippen LogP contribution in [0.3, 0.4) is 0 Å². The maximum absolute atomic E-state index is 5.86. The normalized spacial score (nSPS) is 19.3. The molecule has 1 aromatic carbocycles. The van der Waals surface area contributed by atoms with E-state index >= 15 is 0 Å². The Morgan fingerprint density at radius 1 is 1.11 bits per heavy atom. The molecule has 2 heterocycles. The quantitative estimate of drug-likeness (QED) is 0.888. The molecule has 5 heteroatoms. The van der Waals surface area contributed by atoms with Crippen molar-refractivity contribution in [1.82, 2.24) is 9.97 Å². The van der Waals surface area contributed by atoms with E-state index in [2.05, 4.69) is 9.97 Å². The van der Waals surface area contributed by atoms with Crippen LogP contribution in [0.15, 0.2) is 36.4 Å². The number of nitrogens with two attached hydrogens (primary N) is 1. The monoisotopic (exact) mass is 257 g/mol. The molecule has 1 aromatic heterocycles. The lowest BCUT2D eigenvalue weighted by Gasteiger charge is -2.22. The summed E-state index contributed by atoms with van der Waals surface area (Å²) in [6.07, 6.45) is -0.236. The lowest BCUT2D eigenvalue weighted by Crippen LogP contribution is -2.24. The van der Waals surface area contributed by atoms with E-state index in [0.29, 0.717) is 31.5 Å². The number of ether oxygens (including phenoxy) is 2. The van der Waals surface area contributed by atoms with Crippen LogP contribution in [0.4, 0.5) is 5.82 Å². The van der Waals surface area contributed by atoms with E-state index < -0.39 is 0 Å². The van der Waals surface area contributed by atoms with Crippen molar-refractivity contribution in [2.75, 3.05) is 25.6 Å². The zero-order valence-corrected chi connectivity index (χ0v) is 10.5. The van der Waals surface area contributed by atoms with Gasteiger partial charge in [0.25, 0.3) is 0 Å². The van der Waals surface area contributed by atoms with Crippen molar-refractivity contribution in [3.8, 4) is 11.3 Å². The van der Waals surface area contributed by atoms with Gasteiger partial charge in [0.2, 0.25) is 0 Å². The van der Waals surface area contributed by atoms with Gasteiger partial charge in [-0.1, -0.05) is 30.3 Å². The molecule has 98 valence electrons. The summed E-state index contributed by atoms with van der Waals surface area (Å²) >= 11 is 0. The Morgan fingerprint density at radius 2 is 1.95 bits per heavy atom. The van der Waals surface area contributed by atoms with Crippen molar-refractivity contribution in [2.45, 2.75) is 6.10 Å². The fourth-order valence-corrected chi connectivity index (χ4v) is 2.02. The van der Waals surface area contributed by atoms with Crippen LogP contribution in [0, 0.1) is 0 Å². The number of rotatable bonds is 2. The van der Waals surface area contributed by atoms with Gasteiger partial charge in [0.1, 0.15) is 11.9 Å². The highest BCUT2D eigenvalue weighted by Gasteiger charge is 2.20. The summed E-state index contributed by atoms with van der Waals surface area (Å²) in [5, 5.41) is 0. The molecule has 2 N–H and O–H groups in total. The topological polar surface area (TPSA) is 70.3 Å². The van der Waals surface area contributed by atoms with E-state index in [1.54, 1.807) is 6.07 Å². The molecule has 2 aromatic rings. The average Bonchev–Trinajstić information content (AvgIpc) is 2.48. The van der Waals surface area contributed by atoms with Crippen LogP contribution < -0.4 is 5.73 Å². The third kappa shape index (κ3) is 2.72. The Kier molecular flexibility index (Phi) is 3.39. The van der Waals surface area contributed by atoms with Gasteiger partial charge in [-0.3, -0.25) is 0 Å². The van der Waals surface area contributed by atoms with Gasteiger partial charge in [-0.25, -0.2) is 9.97 Å². The Labute approximate surface area is 111 Å². The van der Waals surface area contributed by atoms with Gasteiger partial charge < -0.3 is 15.2 Å². The number of nitrogen functional groups attached to an aromatic ring is 1. The van der Waals surface area contributed by atoms with Crippen LogP contribution in [0.1, 0.15) is 11.9 Å². The van der Waals surface area contributed by atoms with Crippen molar-refractivity contribution in [3.63, 3.8) is 0 Å². The van der Waals surface area contributed by atoms with Crippen LogP contribution in [-0.2, 0) is 9.47 Å². The van der Waals surface area contributed by atoms with Crippen LogP contribution in [-0.4, -0.2) is 29.8 Å². The largest absolute Gasteiger partial charge is 0.384 e. The summed E-state index contributed by atoms with van der Waals surface area (Å²) in [5.74, 6) is 1.02. The number of hydrogen-bond donors (Lipinski definition) is 1. The molecule has 0 amide bonds. The summed E-state index contributed by atoms with van der Waals surface area (Å²) < 4.78 is 11.0. The summed E-state index contributed by atoms with van der Waals surface area (Å²) in [7, 11) is 0. The van der Waals surface area contributed by atoms with E-state index in [1.165, 1.54) is 0 Å². The van der Waals surface area contributed by atoms with Gasteiger partial charge in [-0.2, -0.15) is 0 Å². The average molecular weight is 257 g/mol. The molecule has 5 nitrogen and oxygen atoms in total. The minimum atomic E-state index is -0.236. The molecule has 1 aliphatic rings. The molecule has 1 unspecified atom stereocenters. The fraction of sp³-hybridized carbons (Fsp3) is 0.286. The Hall–Kier alpha value is -1.98. The maximum atomic E-state index is 5.86. The molecule has 1 fully saturated rings. The summed E-state index contributed by atoms with van der Waals surface area (Å²) in [6, 6.07) is 11.6. The number of nitrogens with zero attached hydrogens (tertiary/aromatic N) is 2. The lowest BCUT2D eigenvalue weighted by molar-refractivity contribution is -0.0934. The summed E-state index contributed by atoms with van der Waals surface area (Å²) in [5.41, 5.74) is 7.67. The molecule has 3 rings (SSSR count). The maximum Gasteiger partial charge on any atom is 0.162 e. The van der Waals surface area contributed by atoms with Crippen LogP contribution in [0.5, 0.6) is 0 Å². The SMILES string of the molecule is Nc1cc(-c2ccccc2)nc(C2COCCO2)n1. The van der Waals surface area contributed by atoms with Crippen molar-refractivity contribution in [1.29, 1.82) is 0 Å². The lowest BCUT2D eigenvalue weighted by atomic mass is 10.1. The first kappa shape index (κ1) is 12.1. The van der Waals surface area contributed by atoms with Gasteiger partial charge in [0.05, 0.1) is 25.5 Å². The van der Waals surface area contributed by atoms with Crippen molar-refractivity contribution >= 4 is 5.82 Å². The summed E-state index contributed by atoms with van der Waals surface area (Å²) in [4.78, 5) is 8.78. The van der Waals surface area contributed by atoms with E-state index in [-0.39, 0.29) is 6.10 Å². The van der Waals surface area contributed by atoms with Gasteiger partial charge in [-0.05, 0) is 0 Å². The second kappa shape index (κ2) is 5.34. The van der Waals surface area contributed by atoms with Gasteiger partial charge in [0.15, 0.2) is 5.82 Å². The van der Waals surface area contributed by atoms with Crippen LogP contribution >= 0.6 is 0 Å². The highest BCUT2D eigenvalue weighted by molar-refractivity contribution is 5.61. The van der Waals surface area contributed by atoms with Crippen molar-refractivity contribution in [2.24, 2.45) is 0 Å². The van der Waals surface area contributed by atoms with Crippen LogP contribution in [0.2, 0.25) is 0 Å². The van der Waals surface area contributed by atoms with Gasteiger partial charge in [0, 0.05) is 11.6 Å². The molecule has 0 bridgehead atoms. The zero-order chi connectivity index (χ0) is 13.1. The smallest absolute Gasteiger partial charge is 0.162 e. The standard InChI is InChI=1S/C14H15N3O2/c15-13-8-11(10-4-2-1-3-5-10)16-14(17-13)12-9-18-6-7-19-12/h1-5,8,12H,6-7,9H2,(H2,15,16,17). The molecular formula is C14H15N3O2. The van der Waals surface area contributed by atoms with E-state index in [1.807, 2.05) is 30.3 Å². The van der Waals surface area contributed by atoms with E-state index in [9.17, 15) is 0 Å². The fourth-order valence-electron chi connectivity index (χ4n) is 2.02. The van der Waals surface area contributed by atoms with Crippen LogP contribution in [0.25, 0.3) is 11.3 Å². The second-order valence-corrected chi connectivity index (χ2v) is 4.34. The zero-order valence-electron chi connectivity index (χ0n) is 10.5. The van der Waals surface area contributed by atoms with E-state index in [4.69, 9.17) is 15.2 Å². The Balaban J connectivity index is 1.96. The molecule has 0 saturated carbocycles. The highest BCUT2D eigenvalue weighted by atomic mass is 16.6. The number of benzene rings is 1. The third-order valence-corrected chi connectivity index (χ3v) is 2.94. The van der Waals surface area contributed by atoms with E-state index in [0.717, 1.165) is 11.3 Å². The number of anilines is 1. The van der Waals surface area contributed by atoms with Crippen molar-refractivity contribution in [3.05, 3.63) is 42.2 Å². The molecule has 0 radical (unpaired) electrons. The molecule has 0 aliphatic carbocycles. The minimum absolute atomic E-state index is 0.236. The Bertz CT molecular complexity index is 554. The minimum Gasteiger partial charge on any atom is -0.384 e. The van der Waals surface area contributed by atoms with Crippen molar-refractivity contribution < 1.29 is 9.47 Å². The molecule has 1 atom stereocenters. The second-order valence-electron chi connectivity index (χ2n) is 4.34. The predicted octanol–water partition coefficient (Wildman–Crippen LogP) is 1.81. The third-order valence-electron chi connectivity index (χ3n) is 2.94. The first-order valence-electron chi connectivity index (χ1n) is 6.22. The summed E-state index contributed by atoms with van der Waals surface area (Å²) in [6.45, 7) is 1.64. The predicted molar refractivity (Wildman–Crippen MR) is 71.4 cm³/mol. The Morgan fingerprint density at radius 3 is 2.68 bits per heavy atom.